The van der Waals surface area contributed by atoms with Crippen LogP contribution < -0.4 is 4.90 Å². The van der Waals surface area contributed by atoms with E-state index < -0.39 is 0 Å². The Hall–Kier alpha value is -1.52. The van der Waals surface area contributed by atoms with E-state index >= 15 is 0 Å². The van der Waals surface area contributed by atoms with Crippen molar-refractivity contribution in [3.63, 3.8) is 0 Å². The molecule has 2 aromatic rings. The van der Waals surface area contributed by atoms with Crippen LogP contribution in [0.15, 0.2) is 35.1 Å². The van der Waals surface area contributed by atoms with Crippen LogP contribution in [0.25, 0.3) is 10.8 Å². The first-order valence-corrected chi connectivity index (χ1v) is 8.82. The van der Waals surface area contributed by atoms with Crippen molar-refractivity contribution in [1.29, 1.82) is 0 Å². The number of nitrogens with zero attached hydrogens (tertiary/aromatic N) is 1. The zero-order valence-corrected chi connectivity index (χ0v) is 13.6. The molecule has 2 aliphatic heterocycles. The summed E-state index contributed by atoms with van der Waals surface area (Å²) in [6, 6.07) is 6.57. The quantitative estimate of drug-likeness (QED) is 0.847. The molecule has 4 heteroatoms. The molecule has 3 heterocycles. The van der Waals surface area contributed by atoms with E-state index in [4.69, 9.17) is 13.9 Å². The van der Waals surface area contributed by atoms with Crippen molar-refractivity contribution < 1.29 is 13.9 Å². The molecule has 2 fully saturated rings. The summed E-state index contributed by atoms with van der Waals surface area (Å²) in [5, 5.41) is 2.35. The number of benzene rings is 1. The number of fused-ring (bicyclic) bond motifs is 1. The predicted octanol–water partition coefficient (Wildman–Crippen LogP) is 4.19. The molecule has 4 nitrogen and oxygen atoms in total. The third-order valence-electron chi connectivity index (χ3n) is 5.10. The lowest BCUT2D eigenvalue weighted by atomic mass is 9.97. The van der Waals surface area contributed by atoms with Crippen LogP contribution >= 0.6 is 0 Å². The van der Waals surface area contributed by atoms with Gasteiger partial charge in [0.25, 0.3) is 0 Å². The second kappa shape index (κ2) is 6.93. The summed E-state index contributed by atoms with van der Waals surface area (Å²) in [5.74, 6) is 0.662. The van der Waals surface area contributed by atoms with Crippen LogP contribution in [0.2, 0.25) is 0 Å². The summed E-state index contributed by atoms with van der Waals surface area (Å²) < 4.78 is 16.9. The molecule has 2 saturated heterocycles. The second-order valence-corrected chi connectivity index (χ2v) is 6.74. The van der Waals surface area contributed by atoms with Crippen molar-refractivity contribution in [1.82, 2.24) is 0 Å². The number of hydrogen-bond donors (Lipinski definition) is 0. The molecule has 0 spiro atoms. The molecule has 0 amide bonds. The first-order valence-electron chi connectivity index (χ1n) is 8.82. The Bertz CT molecular complexity index is 624. The third kappa shape index (κ3) is 3.54. The van der Waals surface area contributed by atoms with Gasteiger partial charge < -0.3 is 18.8 Å². The van der Waals surface area contributed by atoms with Gasteiger partial charge >= 0.3 is 0 Å². The monoisotopic (exact) mass is 315 g/mol. The Morgan fingerprint density at radius 1 is 1.04 bits per heavy atom. The van der Waals surface area contributed by atoms with Crippen molar-refractivity contribution in [2.75, 3.05) is 31.2 Å². The van der Waals surface area contributed by atoms with Crippen molar-refractivity contribution in [3.05, 3.63) is 30.7 Å². The molecule has 1 unspecified atom stereocenters. The average Bonchev–Trinajstić information content (AvgIpc) is 3.09. The van der Waals surface area contributed by atoms with E-state index in [1.807, 2.05) is 6.26 Å². The predicted molar refractivity (Wildman–Crippen MR) is 90.7 cm³/mol. The SMILES string of the molecule is c1cc2cocc2cc1N1CCC(COC2CCCCO2)CC1. The summed E-state index contributed by atoms with van der Waals surface area (Å²) in [6.45, 7) is 3.91. The van der Waals surface area contributed by atoms with Crippen LogP contribution in [0.3, 0.4) is 0 Å². The fourth-order valence-electron chi connectivity index (χ4n) is 3.59. The minimum Gasteiger partial charge on any atom is -0.471 e. The molecule has 0 saturated carbocycles. The van der Waals surface area contributed by atoms with Crippen LogP contribution in [-0.4, -0.2) is 32.6 Å². The van der Waals surface area contributed by atoms with Crippen LogP contribution in [0.1, 0.15) is 32.1 Å². The number of furan rings is 1. The molecule has 4 rings (SSSR count). The van der Waals surface area contributed by atoms with E-state index in [9.17, 15) is 0 Å². The summed E-state index contributed by atoms with van der Waals surface area (Å²) in [7, 11) is 0. The average molecular weight is 315 g/mol. The molecule has 0 radical (unpaired) electrons. The van der Waals surface area contributed by atoms with Gasteiger partial charge in [-0.2, -0.15) is 0 Å². The van der Waals surface area contributed by atoms with E-state index in [2.05, 4.69) is 23.1 Å². The highest BCUT2D eigenvalue weighted by molar-refractivity contribution is 5.84. The molecular formula is C19H25NO3. The molecule has 0 bridgehead atoms. The molecule has 1 atom stereocenters. The van der Waals surface area contributed by atoms with Gasteiger partial charge in [-0.05, 0) is 56.2 Å². The minimum atomic E-state index is 0.0466. The number of piperidine rings is 1. The minimum absolute atomic E-state index is 0.0466. The van der Waals surface area contributed by atoms with Crippen molar-refractivity contribution in [2.45, 2.75) is 38.4 Å². The van der Waals surface area contributed by atoms with Crippen LogP contribution in [0.4, 0.5) is 5.69 Å². The Balaban J connectivity index is 1.28. The van der Waals surface area contributed by atoms with Gasteiger partial charge in [0.2, 0.25) is 0 Å². The summed E-state index contributed by atoms with van der Waals surface area (Å²) in [6.07, 6.45) is 9.53. The Kier molecular flexibility index (Phi) is 4.53. The molecule has 1 aromatic heterocycles. The van der Waals surface area contributed by atoms with Gasteiger partial charge in [0.05, 0.1) is 19.1 Å². The standard InChI is InChI=1S/C19H25NO3/c1-2-10-22-19(3-1)23-12-15-6-8-20(9-7-15)18-5-4-16-13-21-14-17(16)11-18/h4-5,11,13-15,19H,1-3,6-10,12H2. The normalized spacial score (nSPS) is 23.5. The number of ether oxygens (including phenoxy) is 2. The second-order valence-electron chi connectivity index (χ2n) is 6.74. The fraction of sp³-hybridized carbons (Fsp3) is 0.579. The molecule has 0 N–H and O–H groups in total. The number of hydrogen-bond acceptors (Lipinski definition) is 4. The fourth-order valence-corrected chi connectivity index (χ4v) is 3.59. The number of rotatable bonds is 4. The highest BCUT2D eigenvalue weighted by Gasteiger charge is 2.22. The van der Waals surface area contributed by atoms with Crippen molar-refractivity contribution >= 4 is 16.5 Å². The molecular weight excluding hydrogens is 290 g/mol. The summed E-state index contributed by atoms with van der Waals surface area (Å²) >= 11 is 0. The van der Waals surface area contributed by atoms with Crippen molar-refractivity contribution in [2.24, 2.45) is 5.92 Å². The molecule has 124 valence electrons. The zero-order chi connectivity index (χ0) is 15.5. The molecule has 23 heavy (non-hydrogen) atoms. The Morgan fingerprint density at radius 2 is 1.91 bits per heavy atom. The van der Waals surface area contributed by atoms with Gasteiger partial charge in [0.1, 0.15) is 0 Å². The number of anilines is 1. The van der Waals surface area contributed by atoms with E-state index in [0.29, 0.717) is 5.92 Å². The summed E-state index contributed by atoms with van der Waals surface area (Å²) in [4.78, 5) is 2.47. The van der Waals surface area contributed by atoms with E-state index in [-0.39, 0.29) is 6.29 Å². The lowest BCUT2D eigenvalue weighted by Crippen LogP contribution is -2.36. The molecule has 2 aliphatic rings. The van der Waals surface area contributed by atoms with Gasteiger partial charge in [0.15, 0.2) is 6.29 Å². The maximum atomic E-state index is 5.96. The van der Waals surface area contributed by atoms with Crippen LogP contribution in [0, 0.1) is 5.92 Å². The van der Waals surface area contributed by atoms with E-state index in [1.165, 1.54) is 42.1 Å². The Labute approximate surface area is 137 Å². The van der Waals surface area contributed by atoms with Gasteiger partial charge in [0, 0.05) is 36.2 Å². The highest BCUT2D eigenvalue weighted by atomic mass is 16.7. The first kappa shape index (κ1) is 15.0. The highest BCUT2D eigenvalue weighted by Crippen LogP contribution is 2.27. The lowest BCUT2D eigenvalue weighted by molar-refractivity contribution is -0.169. The third-order valence-corrected chi connectivity index (χ3v) is 5.10. The van der Waals surface area contributed by atoms with Crippen LogP contribution in [-0.2, 0) is 9.47 Å². The molecule has 1 aromatic carbocycles. The van der Waals surface area contributed by atoms with Gasteiger partial charge in [-0.25, -0.2) is 0 Å². The van der Waals surface area contributed by atoms with E-state index in [0.717, 1.165) is 32.7 Å². The largest absolute Gasteiger partial charge is 0.471 e. The smallest absolute Gasteiger partial charge is 0.157 e. The van der Waals surface area contributed by atoms with E-state index in [1.54, 1.807) is 6.26 Å². The maximum absolute atomic E-state index is 5.96. The van der Waals surface area contributed by atoms with Crippen molar-refractivity contribution in [3.8, 4) is 0 Å². The summed E-state index contributed by atoms with van der Waals surface area (Å²) in [5.41, 5.74) is 1.30. The Morgan fingerprint density at radius 3 is 2.74 bits per heavy atom. The van der Waals surface area contributed by atoms with Gasteiger partial charge in [-0.1, -0.05) is 0 Å². The zero-order valence-electron chi connectivity index (χ0n) is 13.6. The first-order chi connectivity index (χ1) is 11.4. The molecule has 0 aliphatic carbocycles. The topological polar surface area (TPSA) is 34.8 Å². The lowest BCUT2D eigenvalue weighted by Gasteiger charge is -2.34. The van der Waals surface area contributed by atoms with Gasteiger partial charge in [-0.3, -0.25) is 0 Å². The van der Waals surface area contributed by atoms with Crippen LogP contribution in [0.5, 0.6) is 0 Å². The maximum Gasteiger partial charge on any atom is 0.157 e. The van der Waals surface area contributed by atoms with Gasteiger partial charge in [-0.15, -0.1) is 0 Å².